The van der Waals surface area contributed by atoms with E-state index in [0.717, 1.165) is 59.3 Å². The third-order valence-corrected chi connectivity index (χ3v) is 6.27. The molecule has 4 heterocycles. The van der Waals surface area contributed by atoms with Crippen molar-refractivity contribution in [3.8, 4) is 11.3 Å². The third-order valence-electron chi connectivity index (χ3n) is 6.27. The largest absolute Gasteiger partial charge is 0.366 e. The van der Waals surface area contributed by atoms with Gasteiger partial charge in [0.2, 0.25) is 5.95 Å². The molecule has 1 aliphatic rings. The topological polar surface area (TPSA) is 119 Å². The van der Waals surface area contributed by atoms with Crippen LogP contribution in [0.3, 0.4) is 0 Å². The van der Waals surface area contributed by atoms with E-state index in [0.29, 0.717) is 23.8 Å². The van der Waals surface area contributed by atoms with Crippen LogP contribution >= 0.6 is 0 Å². The first kappa shape index (κ1) is 20.5. The molecule has 1 saturated carbocycles. The Labute approximate surface area is 196 Å². The lowest BCUT2D eigenvalue weighted by Gasteiger charge is -2.27. The number of hydrogen-bond acceptors (Lipinski definition) is 8. The van der Waals surface area contributed by atoms with Crippen molar-refractivity contribution in [2.45, 2.75) is 37.8 Å². The highest BCUT2D eigenvalue weighted by molar-refractivity contribution is 5.80. The zero-order chi connectivity index (χ0) is 22.9. The van der Waals surface area contributed by atoms with Gasteiger partial charge in [-0.2, -0.15) is 0 Å². The van der Waals surface area contributed by atoms with Crippen molar-refractivity contribution in [2.24, 2.45) is 5.73 Å². The van der Waals surface area contributed by atoms with Crippen LogP contribution in [0.2, 0.25) is 0 Å². The summed E-state index contributed by atoms with van der Waals surface area (Å²) in [6.07, 6.45) is 9.54. The number of pyridine rings is 1. The lowest BCUT2D eigenvalue weighted by molar-refractivity contribution is 0.410. The molecule has 0 saturated heterocycles. The van der Waals surface area contributed by atoms with Gasteiger partial charge in [0.15, 0.2) is 5.65 Å². The molecule has 0 spiro atoms. The Hall–Kier alpha value is -4.11. The third kappa shape index (κ3) is 4.13. The normalized spacial score (nSPS) is 18.3. The Morgan fingerprint density at radius 3 is 2.47 bits per heavy atom. The second-order valence-electron chi connectivity index (χ2n) is 8.70. The van der Waals surface area contributed by atoms with E-state index in [1.54, 1.807) is 18.6 Å². The van der Waals surface area contributed by atoms with E-state index in [4.69, 9.17) is 10.8 Å². The highest BCUT2D eigenvalue weighted by Crippen LogP contribution is 2.24. The van der Waals surface area contributed by atoms with Crippen molar-refractivity contribution in [2.75, 3.05) is 10.6 Å². The average Bonchev–Trinajstić information content (AvgIpc) is 3.29. The first-order valence-corrected chi connectivity index (χ1v) is 11.5. The predicted molar refractivity (Wildman–Crippen MR) is 133 cm³/mol. The average molecular weight is 452 g/mol. The van der Waals surface area contributed by atoms with E-state index >= 15 is 0 Å². The van der Waals surface area contributed by atoms with Crippen LogP contribution in [-0.2, 0) is 0 Å². The number of para-hydroxylation sites is 1. The molecule has 170 valence electrons. The van der Waals surface area contributed by atoms with E-state index in [1.165, 1.54) is 0 Å². The summed E-state index contributed by atoms with van der Waals surface area (Å²) in [6, 6.07) is 16.6. The molecule has 0 bridgehead atoms. The number of nitrogens with two attached hydrogens (primary N) is 1. The first-order chi connectivity index (χ1) is 16.7. The minimum atomic E-state index is 0.322. The van der Waals surface area contributed by atoms with Crippen LogP contribution in [0.1, 0.15) is 25.7 Å². The molecule has 0 amide bonds. The molecule has 9 nitrogen and oxygen atoms in total. The van der Waals surface area contributed by atoms with Crippen molar-refractivity contribution < 1.29 is 0 Å². The maximum atomic E-state index is 6.04. The van der Waals surface area contributed by atoms with E-state index in [1.807, 2.05) is 53.0 Å². The number of rotatable bonds is 5. The minimum Gasteiger partial charge on any atom is -0.366 e. The standard InChI is InChI=1S/C25H25N9/c26-18-6-8-19(9-7-18)30-23-11-12-24-27-15-21(34(24)33-23)17-13-28-25(29-14-17)32-22-10-5-16-3-1-2-4-20(16)31-22/h1-5,10-15,18-19H,6-9,26H2,(H,30,33)(H,28,29,31,32). The summed E-state index contributed by atoms with van der Waals surface area (Å²) in [5.41, 5.74) is 9.39. The van der Waals surface area contributed by atoms with Crippen LogP contribution in [0.4, 0.5) is 17.6 Å². The Balaban J connectivity index is 1.21. The summed E-state index contributed by atoms with van der Waals surface area (Å²) in [5, 5.41) is 12.6. The fourth-order valence-corrected chi connectivity index (χ4v) is 4.39. The number of hydrogen-bond donors (Lipinski definition) is 3. The Kier molecular flexibility index (Phi) is 5.23. The van der Waals surface area contributed by atoms with Crippen molar-refractivity contribution in [1.82, 2.24) is 29.5 Å². The molecule has 0 aliphatic heterocycles. The molecular weight excluding hydrogens is 426 g/mol. The van der Waals surface area contributed by atoms with Gasteiger partial charge in [0.05, 0.1) is 17.4 Å². The van der Waals surface area contributed by atoms with Gasteiger partial charge >= 0.3 is 0 Å². The summed E-state index contributed by atoms with van der Waals surface area (Å²) in [7, 11) is 0. The maximum Gasteiger partial charge on any atom is 0.228 e. The Bertz CT molecular complexity index is 1440. The zero-order valence-corrected chi connectivity index (χ0v) is 18.6. The maximum absolute atomic E-state index is 6.04. The molecule has 1 aliphatic carbocycles. The number of nitrogens with one attached hydrogen (secondary N) is 2. The number of imidazole rings is 1. The van der Waals surface area contributed by atoms with Crippen molar-refractivity contribution in [3.05, 3.63) is 67.1 Å². The lowest BCUT2D eigenvalue weighted by atomic mass is 9.92. The van der Waals surface area contributed by atoms with E-state index < -0.39 is 0 Å². The summed E-state index contributed by atoms with van der Waals surface area (Å²) < 4.78 is 1.83. The fourth-order valence-electron chi connectivity index (χ4n) is 4.39. The molecule has 34 heavy (non-hydrogen) atoms. The molecule has 4 N–H and O–H groups in total. The van der Waals surface area contributed by atoms with E-state index in [9.17, 15) is 0 Å². The van der Waals surface area contributed by atoms with Crippen LogP contribution in [0.15, 0.2) is 67.1 Å². The van der Waals surface area contributed by atoms with Gasteiger partial charge < -0.3 is 16.4 Å². The minimum absolute atomic E-state index is 0.322. The highest BCUT2D eigenvalue weighted by Gasteiger charge is 2.19. The number of benzene rings is 1. The molecule has 4 aromatic heterocycles. The molecule has 9 heteroatoms. The smallest absolute Gasteiger partial charge is 0.228 e. The molecular formula is C25H25N9. The number of fused-ring (bicyclic) bond motifs is 2. The van der Waals surface area contributed by atoms with Crippen LogP contribution in [0.5, 0.6) is 0 Å². The molecule has 0 atom stereocenters. The second kappa shape index (κ2) is 8.68. The lowest BCUT2D eigenvalue weighted by Crippen LogP contribution is -2.33. The molecule has 0 unspecified atom stereocenters. The number of aromatic nitrogens is 6. The highest BCUT2D eigenvalue weighted by atomic mass is 15.3. The predicted octanol–water partition coefficient (Wildman–Crippen LogP) is 4.16. The molecule has 6 rings (SSSR count). The van der Waals surface area contributed by atoms with Gasteiger partial charge in [0, 0.05) is 35.4 Å². The van der Waals surface area contributed by atoms with Gasteiger partial charge in [-0.25, -0.2) is 24.5 Å². The van der Waals surface area contributed by atoms with Crippen LogP contribution in [0, 0.1) is 0 Å². The Morgan fingerprint density at radius 2 is 1.62 bits per heavy atom. The Morgan fingerprint density at radius 1 is 0.824 bits per heavy atom. The van der Waals surface area contributed by atoms with Crippen molar-refractivity contribution >= 4 is 34.1 Å². The second-order valence-corrected chi connectivity index (χ2v) is 8.70. The number of nitrogens with zero attached hydrogens (tertiary/aromatic N) is 6. The first-order valence-electron chi connectivity index (χ1n) is 11.5. The van der Waals surface area contributed by atoms with Gasteiger partial charge in [-0.15, -0.1) is 5.10 Å². The van der Waals surface area contributed by atoms with Crippen molar-refractivity contribution in [1.29, 1.82) is 0 Å². The van der Waals surface area contributed by atoms with E-state index in [2.05, 4.69) is 30.6 Å². The summed E-state index contributed by atoms with van der Waals surface area (Å²) in [4.78, 5) is 18.1. The summed E-state index contributed by atoms with van der Waals surface area (Å²) >= 11 is 0. The quantitative estimate of drug-likeness (QED) is 0.364. The molecule has 5 aromatic rings. The summed E-state index contributed by atoms with van der Waals surface area (Å²) in [6.45, 7) is 0. The van der Waals surface area contributed by atoms with Crippen LogP contribution in [0.25, 0.3) is 27.8 Å². The SMILES string of the molecule is NC1CCC(Nc2ccc3ncc(-c4cnc(Nc5ccc6ccccc6n5)nc4)n3n2)CC1. The van der Waals surface area contributed by atoms with Gasteiger partial charge in [0.25, 0.3) is 0 Å². The van der Waals surface area contributed by atoms with Gasteiger partial charge in [-0.1, -0.05) is 18.2 Å². The molecule has 1 aromatic carbocycles. The van der Waals surface area contributed by atoms with E-state index in [-0.39, 0.29) is 0 Å². The van der Waals surface area contributed by atoms with Crippen molar-refractivity contribution in [3.63, 3.8) is 0 Å². The van der Waals surface area contributed by atoms with Gasteiger partial charge in [0.1, 0.15) is 11.6 Å². The fraction of sp³-hybridized carbons (Fsp3) is 0.240. The zero-order valence-electron chi connectivity index (χ0n) is 18.6. The van der Waals surface area contributed by atoms with Crippen LogP contribution in [-0.4, -0.2) is 41.6 Å². The van der Waals surface area contributed by atoms with Gasteiger partial charge in [-0.3, -0.25) is 0 Å². The summed E-state index contributed by atoms with van der Waals surface area (Å²) in [5.74, 6) is 2.00. The number of anilines is 3. The molecule has 0 radical (unpaired) electrons. The van der Waals surface area contributed by atoms with Gasteiger partial charge in [-0.05, 0) is 56.0 Å². The monoisotopic (exact) mass is 451 g/mol. The van der Waals surface area contributed by atoms with Crippen LogP contribution < -0.4 is 16.4 Å². The molecule has 1 fully saturated rings.